The number of ether oxygens (including phenoxy) is 1. The van der Waals surface area contributed by atoms with Gasteiger partial charge in [-0.05, 0) is 19.1 Å². The molecule has 2 aromatic heterocycles. The molecule has 0 saturated heterocycles. The molecule has 8 heteroatoms. The Hall–Kier alpha value is -2.87. The molecule has 0 aliphatic rings. The molecule has 0 unspecified atom stereocenters. The van der Waals surface area contributed by atoms with Crippen molar-refractivity contribution in [2.24, 2.45) is 0 Å². The van der Waals surface area contributed by atoms with Gasteiger partial charge in [-0.2, -0.15) is 0 Å². The van der Waals surface area contributed by atoms with Crippen LogP contribution in [0.3, 0.4) is 0 Å². The molecule has 0 aliphatic carbocycles. The molecule has 24 heavy (non-hydrogen) atoms. The number of halogens is 1. The summed E-state index contributed by atoms with van der Waals surface area (Å²) in [5.74, 6) is -0.171. The largest absolute Gasteiger partial charge is 0.375 e. The van der Waals surface area contributed by atoms with Crippen LogP contribution in [0.25, 0.3) is 16.9 Å². The highest BCUT2D eigenvalue weighted by Gasteiger charge is 2.15. The summed E-state index contributed by atoms with van der Waals surface area (Å²) in [5, 5.41) is 7.01. The fourth-order valence-corrected chi connectivity index (χ4v) is 2.29. The minimum atomic E-state index is -0.385. The molecule has 1 aromatic carbocycles. The van der Waals surface area contributed by atoms with Gasteiger partial charge in [-0.1, -0.05) is 12.1 Å². The number of methoxy groups -OCH3 is 1. The number of carbonyl (C=O) groups excluding carboxylic acids is 1. The Labute approximate surface area is 137 Å². The van der Waals surface area contributed by atoms with E-state index >= 15 is 0 Å². The number of amides is 1. The van der Waals surface area contributed by atoms with Crippen molar-refractivity contribution in [3.8, 4) is 11.3 Å². The standard InChI is InChI=1S/C16H16FN5O2/c1-10(19-15(23)8-24-2)16-20-14-7-13(18-9-22(14)21-16)11-5-3-4-6-12(11)17/h3-7,9-10H,8H2,1-2H3,(H,19,23)/t10-/m0/s1. The van der Waals surface area contributed by atoms with Gasteiger partial charge in [-0.25, -0.2) is 18.9 Å². The Bertz CT molecular complexity index is 880. The maximum Gasteiger partial charge on any atom is 0.246 e. The summed E-state index contributed by atoms with van der Waals surface area (Å²) in [6, 6.07) is 7.66. The molecule has 3 aromatic rings. The third kappa shape index (κ3) is 3.23. The Balaban J connectivity index is 1.89. The number of rotatable bonds is 5. The number of fused-ring (bicyclic) bond motifs is 1. The van der Waals surface area contributed by atoms with Crippen molar-refractivity contribution in [1.29, 1.82) is 0 Å². The lowest BCUT2D eigenvalue weighted by atomic mass is 10.1. The van der Waals surface area contributed by atoms with Crippen molar-refractivity contribution in [3.63, 3.8) is 0 Å². The average molecular weight is 329 g/mol. The molecule has 0 saturated carbocycles. The van der Waals surface area contributed by atoms with Gasteiger partial charge in [-0.15, -0.1) is 5.10 Å². The molecule has 0 radical (unpaired) electrons. The molecule has 0 spiro atoms. The van der Waals surface area contributed by atoms with Gasteiger partial charge in [0.1, 0.15) is 18.8 Å². The van der Waals surface area contributed by atoms with Crippen molar-refractivity contribution in [3.05, 3.63) is 48.3 Å². The van der Waals surface area contributed by atoms with E-state index in [2.05, 4.69) is 20.4 Å². The summed E-state index contributed by atoms with van der Waals surface area (Å²) in [7, 11) is 1.45. The Kier molecular flexibility index (Phi) is 4.48. The summed E-state index contributed by atoms with van der Waals surface area (Å²) < 4.78 is 20.1. The lowest BCUT2D eigenvalue weighted by Gasteiger charge is -2.09. The van der Waals surface area contributed by atoms with Crippen molar-refractivity contribution >= 4 is 11.6 Å². The van der Waals surface area contributed by atoms with E-state index in [9.17, 15) is 9.18 Å². The first-order chi connectivity index (χ1) is 11.6. The van der Waals surface area contributed by atoms with Crippen molar-refractivity contribution < 1.29 is 13.9 Å². The van der Waals surface area contributed by atoms with Gasteiger partial charge >= 0.3 is 0 Å². The normalized spacial score (nSPS) is 12.3. The van der Waals surface area contributed by atoms with Gasteiger partial charge in [0.25, 0.3) is 0 Å². The summed E-state index contributed by atoms with van der Waals surface area (Å²) in [6.07, 6.45) is 1.47. The second-order valence-electron chi connectivity index (χ2n) is 5.25. The van der Waals surface area contributed by atoms with E-state index in [1.54, 1.807) is 31.2 Å². The van der Waals surface area contributed by atoms with E-state index in [1.165, 1.54) is 24.0 Å². The lowest BCUT2D eigenvalue weighted by Crippen LogP contribution is -2.30. The first-order valence-electron chi connectivity index (χ1n) is 7.34. The van der Waals surface area contributed by atoms with Gasteiger partial charge in [0.05, 0.1) is 11.7 Å². The Morgan fingerprint density at radius 3 is 2.96 bits per heavy atom. The van der Waals surface area contributed by atoms with E-state index in [1.807, 2.05) is 0 Å². The Morgan fingerprint density at radius 2 is 2.21 bits per heavy atom. The second kappa shape index (κ2) is 6.71. The third-order valence-electron chi connectivity index (χ3n) is 3.44. The monoisotopic (exact) mass is 329 g/mol. The zero-order chi connectivity index (χ0) is 17.1. The average Bonchev–Trinajstić information content (AvgIpc) is 2.98. The molecule has 0 fully saturated rings. The zero-order valence-electron chi connectivity index (χ0n) is 13.2. The molecule has 1 N–H and O–H groups in total. The number of carbonyl (C=O) groups is 1. The molecular formula is C16H16FN5O2. The van der Waals surface area contributed by atoms with Crippen molar-refractivity contribution in [1.82, 2.24) is 24.9 Å². The number of benzene rings is 1. The Morgan fingerprint density at radius 1 is 1.42 bits per heavy atom. The SMILES string of the molecule is COCC(=O)N[C@@H](C)c1nc2cc(-c3ccccc3F)ncn2n1. The zero-order valence-corrected chi connectivity index (χ0v) is 13.2. The predicted octanol–water partition coefficient (Wildman–Crippen LogP) is 1.75. The molecule has 7 nitrogen and oxygen atoms in total. The van der Waals surface area contributed by atoms with Crippen LogP contribution in [0.1, 0.15) is 18.8 Å². The molecular weight excluding hydrogens is 313 g/mol. The fraction of sp³-hybridized carbons (Fsp3) is 0.250. The van der Waals surface area contributed by atoms with Crippen LogP contribution < -0.4 is 5.32 Å². The van der Waals surface area contributed by atoms with Crippen LogP contribution in [0.2, 0.25) is 0 Å². The van der Waals surface area contributed by atoms with Crippen LogP contribution in [0.15, 0.2) is 36.7 Å². The lowest BCUT2D eigenvalue weighted by molar-refractivity contribution is -0.125. The number of aromatic nitrogens is 4. The summed E-state index contributed by atoms with van der Waals surface area (Å²) in [6.45, 7) is 1.74. The molecule has 1 atom stereocenters. The first kappa shape index (κ1) is 16.0. The quantitative estimate of drug-likeness (QED) is 0.771. The second-order valence-corrected chi connectivity index (χ2v) is 5.25. The van der Waals surface area contributed by atoms with Gasteiger partial charge < -0.3 is 10.1 Å². The smallest absolute Gasteiger partial charge is 0.246 e. The van der Waals surface area contributed by atoms with E-state index in [0.717, 1.165) is 0 Å². The highest BCUT2D eigenvalue weighted by atomic mass is 19.1. The maximum atomic E-state index is 13.9. The van der Waals surface area contributed by atoms with Gasteiger partial charge in [0, 0.05) is 18.7 Å². The number of nitrogens with zero attached hydrogens (tertiary/aromatic N) is 4. The molecule has 3 rings (SSSR count). The van der Waals surface area contributed by atoms with Gasteiger partial charge in [0.15, 0.2) is 11.5 Å². The van der Waals surface area contributed by atoms with Crippen LogP contribution >= 0.6 is 0 Å². The van der Waals surface area contributed by atoms with E-state index in [-0.39, 0.29) is 24.4 Å². The van der Waals surface area contributed by atoms with Crippen molar-refractivity contribution in [2.45, 2.75) is 13.0 Å². The fourth-order valence-electron chi connectivity index (χ4n) is 2.29. The minimum absolute atomic E-state index is 0.0311. The minimum Gasteiger partial charge on any atom is -0.375 e. The van der Waals surface area contributed by atoms with E-state index in [0.29, 0.717) is 22.7 Å². The van der Waals surface area contributed by atoms with E-state index < -0.39 is 0 Å². The highest BCUT2D eigenvalue weighted by molar-refractivity contribution is 5.77. The summed E-state index contributed by atoms with van der Waals surface area (Å²) >= 11 is 0. The first-order valence-corrected chi connectivity index (χ1v) is 7.34. The molecule has 0 aliphatic heterocycles. The number of nitrogens with one attached hydrogen (secondary N) is 1. The molecule has 2 heterocycles. The topological polar surface area (TPSA) is 81.4 Å². The van der Waals surface area contributed by atoms with Gasteiger partial charge in [0.2, 0.25) is 5.91 Å². The summed E-state index contributed by atoms with van der Waals surface area (Å²) in [4.78, 5) is 20.2. The van der Waals surface area contributed by atoms with Crippen LogP contribution in [-0.2, 0) is 9.53 Å². The molecule has 0 bridgehead atoms. The summed E-state index contributed by atoms with van der Waals surface area (Å²) in [5.41, 5.74) is 1.38. The maximum absolute atomic E-state index is 13.9. The van der Waals surface area contributed by atoms with Gasteiger partial charge in [-0.3, -0.25) is 4.79 Å². The van der Waals surface area contributed by atoms with E-state index in [4.69, 9.17) is 4.74 Å². The molecule has 124 valence electrons. The van der Waals surface area contributed by atoms with Crippen molar-refractivity contribution in [2.75, 3.05) is 13.7 Å². The van der Waals surface area contributed by atoms with Crippen LogP contribution in [-0.4, -0.2) is 39.2 Å². The molecule has 1 amide bonds. The third-order valence-corrected chi connectivity index (χ3v) is 3.44. The number of hydrogen-bond acceptors (Lipinski definition) is 5. The predicted molar refractivity (Wildman–Crippen MR) is 84.6 cm³/mol. The van der Waals surface area contributed by atoms with Crippen LogP contribution in [0.5, 0.6) is 0 Å². The van der Waals surface area contributed by atoms with Crippen LogP contribution in [0, 0.1) is 5.82 Å². The highest BCUT2D eigenvalue weighted by Crippen LogP contribution is 2.21. The van der Waals surface area contributed by atoms with Crippen LogP contribution in [0.4, 0.5) is 4.39 Å². The number of hydrogen-bond donors (Lipinski definition) is 1.